The molecule has 3 heteroatoms. The van der Waals surface area contributed by atoms with Crippen LogP contribution in [-0.2, 0) is 4.74 Å². The van der Waals surface area contributed by atoms with E-state index in [4.69, 9.17) is 10.5 Å². The van der Waals surface area contributed by atoms with Gasteiger partial charge in [0.15, 0.2) is 0 Å². The van der Waals surface area contributed by atoms with Gasteiger partial charge in [-0.2, -0.15) is 0 Å². The molecule has 3 nitrogen and oxygen atoms in total. The summed E-state index contributed by atoms with van der Waals surface area (Å²) in [7, 11) is 2.18. The van der Waals surface area contributed by atoms with Gasteiger partial charge in [-0.1, -0.05) is 13.8 Å². The summed E-state index contributed by atoms with van der Waals surface area (Å²) in [6.45, 7) is 7.05. The number of hydrogen-bond acceptors (Lipinski definition) is 3. The molecule has 1 aliphatic heterocycles. The van der Waals surface area contributed by atoms with Gasteiger partial charge in [0.25, 0.3) is 0 Å². The highest BCUT2D eigenvalue weighted by atomic mass is 16.5. The lowest BCUT2D eigenvalue weighted by atomic mass is 10.0. The summed E-state index contributed by atoms with van der Waals surface area (Å²) >= 11 is 0. The van der Waals surface area contributed by atoms with Crippen molar-refractivity contribution in [1.82, 2.24) is 4.90 Å². The van der Waals surface area contributed by atoms with E-state index in [-0.39, 0.29) is 0 Å². The van der Waals surface area contributed by atoms with Crippen molar-refractivity contribution in [2.24, 2.45) is 11.7 Å². The van der Waals surface area contributed by atoms with Gasteiger partial charge in [0.05, 0.1) is 6.61 Å². The largest absolute Gasteiger partial charge is 0.380 e. The summed E-state index contributed by atoms with van der Waals surface area (Å²) in [5, 5.41) is 0. The first-order valence-corrected chi connectivity index (χ1v) is 5.65. The van der Waals surface area contributed by atoms with E-state index >= 15 is 0 Å². The van der Waals surface area contributed by atoms with Crippen molar-refractivity contribution in [3.05, 3.63) is 0 Å². The Labute approximate surface area is 87.6 Å². The van der Waals surface area contributed by atoms with Crippen molar-refractivity contribution in [1.29, 1.82) is 0 Å². The Kier molecular flexibility index (Phi) is 4.85. The SMILES string of the molecule is CC(C)CC(CN)N(C)C1CCOC1. The molecule has 2 atom stereocenters. The van der Waals surface area contributed by atoms with Crippen LogP contribution in [0.3, 0.4) is 0 Å². The topological polar surface area (TPSA) is 38.5 Å². The average Bonchev–Trinajstić information content (AvgIpc) is 2.65. The van der Waals surface area contributed by atoms with Crippen molar-refractivity contribution < 1.29 is 4.74 Å². The molecule has 1 fully saturated rings. The molecule has 14 heavy (non-hydrogen) atoms. The van der Waals surface area contributed by atoms with Crippen LogP contribution in [0.25, 0.3) is 0 Å². The standard InChI is InChI=1S/C11H24N2O/c1-9(2)6-11(7-12)13(3)10-4-5-14-8-10/h9-11H,4-8,12H2,1-3H3. The Morgan fingerprint density at radius 2 is 2.21 bits per heavy atom. The summed E-state index contributed by atoms with van der Waals surface area (Å²) < 4.78 is 5.40. The second-order valence-electron chi connectivity index (χ2n) is 4.70. The first-order chi connectivity index (χ1) is 6.65. The molecule has 0 aliphatic carbocycles. The number of nitrogens with two attached hydrogens (primary N) is 1. The summed E-state index contributed by atoms with van der Waals surface area (Å²) in [5.41, 5.74) is 5.81. The third-order valence-electron chi connectivity index (χ3n) is 3.07. The van der Waals surface area contributed by atoms with Crippen LogP contribution in [0.1, 0.15) is 26.7 Å². The minimum absolute atomic E-state index is 0.515. The highest BCUT2D eigenvalue weighted by molar-refractivity contribution is 4.80. The minimum atomic E-state index is 0.515. The summed E-state index contributed by atoms with van der Waals surface area (Å²) in [5.74, 6) is 0.716. The molecule has 0 aromatic heterocycles. The van der Waals surface area contributed by atoms with E-state index in [1.807, 2.05) is 0 Å². The number of rotatable bonds is 5. The molecule has 0 radical (unpaired) electrons. The Morgan fingerprint density at radius 3 is 2.64 bits per heavy atom. The Morgan fingerprint density at radius 1 is 1.50 bits per heavy atom. The van der Waals surface area contributed by atoms with Crippen LogP contribution in [0.15, 0.2) is 0 Å². The summed E-state index contributed by atoms with van der Waals surface area (Å²) in [6, 6.07) is 1.10. The number of nitrogens with zero attached hydrogens (tertiary/aromatic N) is 1. The maximum absolute atomic E-state index is 5.81. The molecule has 0 amide bonds. The van der Waals surface area contributed by atoms with Crippen LogP contribution in [0.5, 0.6) is 0 Å². The van der Waals surface area contributed by atoms with E-state index in [2.05, 4.69) is 25.8 Å². The fourth-order valence-corrected chi connectivity index (χ4v) is 2.11. The fourth-order valence-electron chi connectivity index (χ4n) is 2.11. The van der Waals surface area contributed by atoms with Crippen molar-refractivity contribution in [2.75, 3.05) is 26.8 Å². The van der Waals surface area contributed by atoms with E-state index in [1.54, 1.807) is 0 Å². The molecule has 2 unspecified atom stereocenters. The maximum Gasteiger partial charge on any atom is 0.0622 e. The molecule has 0 aromatic rings. The van der Waals surface area contributed by atoms with Crippen molar-refractivity contribution in [3.8, 4) is 0 Å². The van der Waals surface area contributed by atoms with E-state index in [0.717, 1.165) is 26.2 Å². The van der Waals surface area contributed by atoms with Crippen LogP contribution in [0.2, 0.25) is 0 Å². The fraction of sp³-hybridized carbons (Fsp3) is 1.00. The third kappa shape index (κ3) is 3.23. The van der Waals surface area contributed by atoms with E-state index in [0.29, 0.717) is 18.0 Å². The second-order valence-corrected chi connectivity index (χ2v) is 4.70. The van der Waals surface area contributed by atoms with Gasteiger partial charge in [-0.15, -0.1) is 0 Å². The Bertz CT molecular complexity index is 155. The lowest BCUT2D eigenvalue weighted by Crippen LogP contribution is -2.45. The third-order valence-corrected chi connectivity index (χ3v) is 3.07. The monoisotopic (exact) mass is 200 g/mol. The maximum atomic E-state index is 5.81. The molecular formula is C11H24N2O. The van der Waals surface area contributed by atoms with Crippen molar-refractivity contribution >= 4 is 0 Å². The number of hydrogen-bond donors (Lipinski definition) is 1. The van der Waals surface area contributed by atoms with Gasteiger partial charge in [0, 0.05) is 25.2 Å². The van der Waals surface area contributed by atoms with Crippen LogP contribution in [0, 0.1) is 5.92 Å². The average molecular weight is 200 g/mol. The molecule has 0 saturated carbocycles. The number of likely N-dealkylation sites (N-methyl/N-ethyl adjacent to an activating group) is 1. The lowest BCUT2D eigenvalue weighted by molar-refractivity contribution is 0.125. The molecular weight excluding hydrogens is 176 g/mol. The molecule has 0 spiro atoms. The quantitative estimate of drug-likeness (QED) is 0.722. The zero-order valence-electron chi connectivity index (χ0n) is 9.70. The van der Waals surface area contributed by atoms with E-state index in [1.165, 1.54) is 6.42 Å². The zero-order valence-corrected chi connectivity index (χ0v) is 9.70. The van der Waals surface area contributed by atoms with Crippen LogP contribution in [0.4, 0.5) is 0 Å². The first-order valence-electron chi connectivity index (χ1n) is 5.65. The van der Waals surface area contributed by atoms with Crippen LogP contribution < -0.4 is 5.73 Å². The Hall–Kier alpha value is -0.120. The molecule has 1 aliphatic rings. The summed E-state index contributed by atoms with van der Waals surface area (Å²) in [6.07, 6.45) is 2.34. The van der Waals surface area contributed by atoms with E-state index in [9.17, 15) is 0 Å². The smallest absolute Gasteiger partial charge is 0.0622 e. The first kappa shape index (κ1) is 12.0. The van der Waals surface area contributed by atoms with Gasteiger partial charge < -0.3 is 10.5 Å². The van der Waals surface area contributed by atoms with Crippen molar-refractivity contribution in [3.63, 3.8) is 0 Å². The van der Waals surface area contributed by atoms with E-state index < -0.39 is 0 Å². The molecule has 0 bridgehead atoms. The van der Waals surface area contributed by atoms with Gasteiger partial charge in [-0.3, -0.25) is 4.90 Å². The van der Waals surface area contributed by atoms with Gasteiger partial charge in [0.2, 0.25) is 0 Å². The minimum Gasteiger partial charge on any atom is -0.380 e. The van der Waals surface area contributed by atoms with Crippen molar-refractivity contribution in [2.45, 2.75) is 38.8 Å². The molecule has 1 heterocycles. The molecule has 1 rings (SSSR count). The highest BCUT2D eigenvalue weighted by Gasteiger charge is 2.25. The van der Waals surface area contributed by atoms with Gasteiger partial charge >= 0.3 is 0 Å². The molecule has 0 aromatic carbocycles. The summed E-state index contributed by atoms with van der Waals surface area (Å²) in [4.78, 5) is 2.41. The van der Waals surface area contributed by atoms with Gasteiger partial charge in [0.1, 0.15) is 0 Å². The lowest BCUT2D eigenvalue weighted by Gasteiger charge is -2.32. The normalized spacial score (nSPS) is 24.9. The molecule has 1 saturated heterocycles. The molecule has 2 N–H and O–H groups in total. The predicted octanol–water partition coefficient (Wildman–Crippen LogP) is 1.08. The predicted molar refractivity (Wildman–Crippen MR) is 59.3 cm³/mol. The zero-order chi connectivity index (χ0) is 10.6. The van der Waals surface area contributed by atoms with Gasteiger partial charge in [-0.25, -0.2) is 0 Å². The number of ether oxygens (including phenoxy) is 1. The van der Waals surface area contributed by atoms with Gasteiger partial charge in [-0.05, 0) is 25.8 Å². The molecule has 84 valence electrons. The van der Waals surface area contributed by atoms with Crippen LogP contribution in [-0.4, -0.2) is 43.8 Å². The second kappa shape index (κ2) is 5.69. The highest BCUT2D eigenvalue weighted by Crippen LogP contribution is 2.17. The van der Waals surface area contributed by atoms with Crippen LogP contribution >= 0.6 is 0 Å². The Balaban J connectivity index is 2.41.